The van der Waals surface area contributed by atoms with E-state index >= 15 is 0 Å². The Morgan fingerprint density at radius 3 is 2.79 bits per heavy atom. The topological polar surface area (TPSA) is 68.5 Å². The predicted octanol–water partition coefficient (Wildman–Crippen LogP) is 3.62. The van der Waals surface area contributed by atoms with Gasteiger partial charge in [-0.25, -0.2) is 9.97 Å². The number of carbonyl (C=O) groups is 1. The van der Waals surface area contributed by atoms with Crippen molar-refractivity contribution in [1.29, 1.82) is 0 Å². The Balaban J connectivity index is 1.29. The van der Waals surface area contributed by atoms with Gasteiger partial charge in [-0.2, -0.15) is 13.2 Å². The zero-order chi connectivity index (χ0) is 19.7. The molecule has 1 saturated heterocycles. The maximum atomic E-state index is 13.0. The lowest BCUT2D eigenvalue weighted by atomic mass is 10.1. The number of benzene rings is 1. The van der Waals surface area contributed by atoms with Gasteiger partial charge in [0.25, 0.3) is 5.22 Å². The molecule has 0 N–H and O–H groups in total. The highest BCUT2D eigenvalue weighted by atomic mass is 32.2. The Labute approximate surface area is 161 Å². The zero-order valence-corrected chi connectivity index (χ0v) is 15.2. The van der Waals surface area contributed by atoms with E-state index < -0.39 is 23.7 Å². The second kappa shape index (κ2) is 7.34. The first-order chi connectivity index (χ1) is 13.4. The largest absolute Gasteiger partial charge is 0.470 e. The van der Waals surface area contributed by atoms with Crippen LogP contribution < -0.4 is 4.74 Å². The number of pyridine rings is 1. The van der Waals surface area contributed by atoms with Crippen LogP contribution in [0.2, 0.25) is 0 Å². The molecule has 1 aromatic carbocycles. The molecular weight excluding hydrogens is 395 g/mol. The summed E-state index contributed by atoms with van der Waals surface area (Å²) >= 11 is 1.17. The smallest absolute Gasteiger partial charge is 0.421 e. The van der Waals surface area contributed by atoms with Gasteiger partial charge in [-0.3, -0.25) is 4.79 Å². The van der Waals surface area contributed by atoms with Gasteiger partial charge in [-0.15, -0.1) is 0 Å². The molecule has 0 unspecified atom stereocenters. The number of ether oxygens (including phenoxy) is 1. The van der Waals surface area contributed by atoms with Crippen molar-refractivity contribution in [3.63, 3.8) is 0 Å². The quantitative estimate of drug-likeness (QED) is 0.600. The Morgan fingerprint density at radius 1 is 1.25 bits per heavy atom. The summed E-state index contributed by atoms with van der Waals surface area (Å²) in [7, 11) is 0. The Kier molecular flexibility index (Phi) is 4.88. The molecule has 3 heterocycles. The summed E-state index contributed by atoms with van der Waals surface area (Å²) in [6.45, 7) is 0.418. The standard InChI is InChI=1S/C18H14F3N3O3S/c19-18(20,21)12-4-3-7-22-16(12)26-11-8-24(9-11)15(25)10-28-17-23-13-5-1-2-6-14(13)27-17/h1-7,11H,8-10H2. The Morgan fingerprint density at radius 2 is 2.04 bits per heavy atom. The van der Waals surface area contributed by atoms with Crippen LogP contribution in [0.25, 0.3) is 11.1 Å². The number of hydrogen-bond donors (Lipinski definition) is 0. The highest BCUT2D eigenvalue weighted by Crippen LogP contribution is 2.35. The van der Waals surface area contributed by atoms with Gasteiger partial charge in [0.1, 0.15) is 17.2 Å². The fourth-order valence-corrected chi connectivity index (χ4v) is 3.44. The van der Waals surface area contributed by atoms with Gasteiger partial charge in [0.05, 0.1) is 18.8 Å². The van der Waals surface area contributed by atoms with Gasteiger partial charge in [0.15, 0.2) is 5.58 Å². The van der Waals surface area contributed by atoms with Crippen molar-refractivity contribution in [2.24, 2.45) is 0 Å². The molecule has 1 amide bonds. The third-order valence-electron chi connectivity index (χ3n) is 4.15. The van der Waals surface area contributed by atoms with Crippen molar-refractivity contribution in [3.05, 3.63) is 48.2 Å². The summed E-state index contributed by atoms with van der Waals surface area (Å²) in [6, 6.07) is 9.40. The fraction of sp³-hybridized carbons (Fsp3) is 0.278. The number of carbonyl (C=O) groups excluding carboxylic acids is 1. The molecule has 146 valence electrons. The number of likely N-dealkylation sites (tertiary alicyclic amines) is 1. The molecule has 0 spiro atoms. The highest BCUT2D eigenvalue weighted by Gasteiger charge is 2.38. The molecule has 1 aliphatic heterocycles. The molecule has 10 heteroatoms. The Bertz CT molecular complexity index is 969. The second-order valence-electron chi connectivity index (χ2n) is 6.13. The number of rotatable bonds is 5. The monoisotopic (exact) mass is 409 g/mol. The summed E-state index contributed by atoms with van der Waals surface area (Å²) in [5.74, 6) is -0.506. The van der Waals surface area contributed by atoms with Crippen LogP contribution in [0, 0.1) is 0 Å². The number of nitrogens with zero attached hydrogens (tertiary/aromatic N) is 3. The number of alkyl halides is 3. The average molecular weight is 409 g/mol. The van der Waals surface area contributed by atoms with E-state index in [0.717, 1.165) is 6.07 Å². The van der Waals surface area contributed by atoms with Crippen LogP contribution in [-0.2, 0) is 11.0 Å². The normalized spacial score (nSPS) is 14.9. The molecule has 0 radical (unpaired) electrons. The zero-order valence-electron chi connectivity index (χ0n) is 14.3. The third kappa shape index (κ3) is 3.91. The lowest BCUT2D eigenvalue weighted by Gasteiger charge is -2.38. The maximum absolute atomic E-state index is 13.0. The number of thioether (sulfide) groups is 1. The number of halogens is 3. The molecule has 0 bridgehead atoms. The van der Waals surface area contributed by atoms with Crippen LogP contribution in [0.1, 0.15) is 5.56 Å². The maximum Gasteiger partial charge on any atom is 0.421 e. The molecule has 3 aromatic rings. The van der Waals surface area contributed by atoms with Crippen molar-refractivity contribution in [1.82, 2.24) is 14.9 Å². The molecule has 2 aromatic heterocycles. The lowest BCUT2D eigenvalue weighted by Crippen LogP contribution is -2.56. The van der Waals surface area contributed by atoms with Crippen LogP contribution in [0.5, 0.6) is 5.88 Å². The number of aromatic nitrogens is 2. The van der Waals surface area contributed by atoms with Crippen molar-refractivity contribution >= 4 is 28.8 Å². The summed E-state index contributed by atoms with van der Waals surface area (Å²) < 4.78 is 49.8. The van der Waals surface area contributed by atoms with E-state index in [0.29, 0.717) is 16.3 Å². The molecule has 1 aliphatic rings. The number of para-hydroxylation sites is 2. The van der Waals surface area contributed by atoms with E-state index in [-0.39, 0.29) is 24.7 Å². The summed E-state index contributed by atoms with van der Waals surface area (Å²) in [5, 5.41) is 0.395. The summed E-state index contributed by atoms with van der Waals surface area (Å²) in [6.07, 6.45) is -3.82. The number of hydrogen-bond acceptors (Lipinski definition) is 6. The average Bonchev–Trinajstić information content (AvgIpc) is 3.05. The molecule has 0 saturated carbocycles. The SMILES string of the molecule is O=C(CSc1nc2ccccc2o1)N1CC(Oc2ncccc2C(F)(F)F)C1. The molecule has 0 aliphatic carbocycles. The Hall–Kier alpha value is -2.75. The first-order valence-corrected chi connectivity index (χ1v) is 9.34. The van der Waals surface area contributed by atoms with Crippen LogP contribution in [0.4, 0.5) is 13.2 Å². The van der Waals surface area contributed by atoms with Gasteiger partial charge in [-0.05, 0) is 24.3 Å². The molecule has 28 heavy (non-hydrogen) atoms. The van der Waals surface area contributed by atoms with E-state index in [4.69, 9.17) is 9.15 Å². The third-order valence-corrected chi connectivity index (χ3v) is 4.96. The molecule has 4 rings (SSSR count). The van der Waals surface area contributed by atoms with Crippen molar-refractivity contribution in [3.8, 4) is 5.88 Å². The summed E-state index contributed by atoms with van der Waals surface area (Å²) in [4.78, 5) is 21.7. The molecular formula is C18H14F3N3O3S. The minimum absolute atomic E-state index is 0.122. The van der Waals surface area contributed by atoms with Crippen molar-refractivity contribution in [2.75, 3.05) is 18.8 Å². The second-order valence-corrected chi connectivity index (χ2v) is 7.06. The van der Waals surface area contributed by atoms with Crippen LogP contribution in [-0.4, -0.2) is 45.7 Å². The van der Waals surface area contributed by atoms with E-state index in [2.05, 4.69) is 9.97 Å². The number of amides is 1. The van der Waals surface area contributed by atoms with Crippen LogP contribution >= 0.6 is 11.8 Å². The van der Waals surface area contributed by atoms with Crippen LogP contribution in [0.3, 0.4) is 0 Å². The molecule has 0 atom stereocenters. The summed E-state index contributed by atoms with van der Waals surface area (Å²) in [5.41, 5.74) is 0.433. The molecule has 1 fully saturated rings. The lowest BCUT2D eigenvalue weighted by molar-refractivity contribution is -0.143. The first-order valence-electron chi connectivity index (χ1n) is 8.35. The van der Waals surface area contributed by atoms with Gasteiger partial charge < -0.3 is 14.1 Å². The fourth-order valence-electron chi connectivity index (χ4n) is 2.70. The van der Waals surface area contributed by atoms with Gasteiger partial charge in [0, 0.05) is 6.20 Å². The van der Waals surface area contributed by atoms with Gasteiger partial charge >= 0.3 is 6.18 Å². The first kappa shape index (κ1) is 18.6. The van der Waals surface area contributed by atoms with E-state index in [1.54, 1.807) is 6.07 Å². The van der Waals surface area contributed by atoms with Gasteiger partial charge in [-0.1, -0.05) is 23.9 Å². The molecule has 6 nitrogen and oxygen atoms in total. The van der Waals surface area contributed by atoms with Crippen molar-refractivity contribution < 1.29 is 27.1 Å². The minimum atomic E-state index is -4.54. The number of fused-ring (bicyclic) bond motifs is 1. The highest BCUT2D eigenvalue weighted by molar-refractivity contribution is 7.99. The van der Waals surface area contributed by atoms with E-state index in [1.807, 2.05) is 18.2 Å². The van der Waals surface area contributed by atoms with E-state index in [9.17, 15) is 18.0 Å². The predicted molar refractivity (Wildman–Crippen MR) is 95.0 cm³/mol. The number of oxazole rings is 1. The minimum Gasteiger partial charge on any atom is -0.470 e. The van der Waals surface area contributed by atoms with Gasteiger partial charge in [0.2, 0.25) is 11.8 Å². The van der Waals surface area contributed by atoms with E-state index in [1.165, 1.54) is 28.9 Å². The van der Waals surface area contributed by atoms with Crippen molar-refractivity contribution in [2.45, 2.75) is 17.5 Å². The van der Waals surface area contributed by atoms with Crippen LogP contribution in [0.15, 0.2) is 52.2 Å².